The molecule has 2 aromatic rings. The Kier molecular flexibility index (Phi) is 4.19. The molecule has 1 aliphatic heterocycles. The lowest BCUT2D eigenvalue weighted by molar-refractivity contribution is 0.589. The van der Waals surface area contributed by atoms with Crippen LogP contribution in [-0.2, 0) is 26.4 Å². The van der Waals surface area contributed by atoms with Crippen LogP contribution in [0.5, 0.6) is 0 Å². The molecule has 0 amide bonds. The van der Waals surface area contributed by atoms with Crippen molar-refractivity contribution in [1.29, 1.82) is 0 Å². The van der Waals surface area contributed by atoms with E-state index in [4.69, 9.17) is 5.73 Å². The molecule has 0 saturated heterocycles. The van der Waals surface area contributed by atoms with E-state index in [-0.39, 0.29) is 0 Å². The monoisotopic (exact) mass is 306 g/mol. The third-order valence-electron chi connectivity index (χ3n) is 3.86. The zero-order chi connectivity index (χ0) is 14.8. The Balaban J connectivity index is 1.89. The predicted octanol–water partition coefficient (Wildman–Crippen LogP) is 2.42. The Hall–Kier alpha value is -1.50. The fourth-order valence-corrected chi connectivity index (χ4v) is 3.70. The second kappa shape index (κ2) is 6.09. The van der Waals surface area contributed by atoms with Gasteiger partial charge in [-0.05, 0) is 31.0 Å². The molecule has 0 fully saturated rings. The van der Waals surface area contributed by atoms with Gasteiger partial charge < -0.3 is 10.3 Å². The Morgan fingerprint density at radius 2 is 2.10 bits per heavy atom. The van der Waals surface area contributed by atoms with Gasteiger partial charge >= 0.3 is 0 Å². The molecular formula is C14H22N6S. The zero-order valence-corrected chi connectivity index (χ0v) is 13.5. The molecule has 21 heavy (non-hydrogen) atoms. The highest BCUT2D eigenvalue weighted by Gasteiger charge is 2.20. The van der Waals surface area contributed by atoms with Crippen molar-refractivity contribution < 1.29 is 0 Å². The van der Waals surface area contributed by atoms with Crippen molar-refractivity contribution in [1.82, 2.24) is 24.5 Å². The minimum Gasteiger partial charge on any atom is -0.395 e. The zero-order valence-electron chi connectivity index (χ0n) is 12.7. The summed E-state index contributed by atoms with van der Waals surface area (Å²) >= 11 is 1.58. The van der Waals surface area contributed by atoms with E-state index in [2.05, 4.69) is 26.8 Å². The molecule has 0 bridgehead atoms. The predicted molar refractivity (Wildman–Crippen MR) is 83.3 cm³/mol. The maximum atomic E-state index is 6.25. The van der Waals surface area contributed by atoms with Gasteiger partial charge in [-0.2, -0.15) is 5.10 Å². The van der Waals surface area contributed by atoms with Gasteiger partial charge in [0.25, 0.3) is 0 Å². The van der Waals surface area contributed by atoms with Crippen molar-refractivity contribution in [2.75, 3.05) is 5.73 Å². The Bertz CT molecular complexity index is 630. The summed E-state index contributed by atoms with van der Waals surface area (Å²) in [6, 6.07) is 0. The van der Waals surface area contributed by atoms with Crippen LogP contribution in [-0.4, -0.2) is 24.5 Å². The van der Waals surface area contributed by atoms with Crippen LogP contribution >= 0.6 is 11.8 Å². The van der Waals surface area contributed by atoms with Crippen molar-refractivity contribution in [3.05, 3.63) is 11.5 Å². The van der Waals surface area contributed by atoms with Gasteiger partial charge in [-0.3, -0.25) is 4.68 Å². The molecule has 0 atom stereocenters. The second-order valence-corrected chi connectivity index (χ2v) is 6.46. The molecule has 6 nitrogen and oxygen atoms in total. The number of nitrogens with zero attached hydrogens (tertiary/aromatic N) is 5. The number of aromatic nitrogens is 5. The fraction of sp³-hybridized carbons (Fsp3) is 0.643. The first-order valence-electron chi connectivity index (χ1n) is 7.62. The first-order valence-corrected chi connectivity index (χ1v) is 8.43. The number of aryl methyl sites for hydroxylation is 3. The van der Waals surface area contributed by atoms with Crippen molar-refractivity contribution >= 4 is 17.4 Å². The van der Waals surface area contributed by atoms with Crippen LogP contribution in [0.2, 0.25) is 0 Å². The summed E-state index contributed by atoms with van der Waals surface area (Å²) in [4.78, 5) is 0. The van der Waals surface area contributed by atoms with Gasteiger partial charge in [0.1, 0.15) is 10.9 Å². The van der Waals surface area contributed by atoms with E-state index in [1.165, 1.54) is 19.3 Å². The number of fused-ring (bicyclic) bond motifs is 1. The van der Waals surface area contributed by atoms with Gasteiger partial charge in [-0.25, -0.2) is 0 Å². The summed E-state index contributed by atoms with van der Waals surface area (Å²) in [5, 5.41) is 15.1. The molecule has 2 N–H and O–H groups in total. The number of nitrogens with two attached hydrogens (primary N) is 1. The highest BCUT2D eigenvalue weighted by Crippen LogP contribution is 2.34. The van der Waals surface area contributed by atoms with Crippen LogP contribution in [0.1, 0.15) is 44.1 Å². The maximum Gasteiger partial charge on any atom is 0.197 e. The molecule has 3 rings (SSSR count). The van der Waals surface area contributed by atoms with E-state index < -0.39 is 0 Å². The molecule has 0 aliphatic carbocycles. The molecular weight excluding hydrogens is 284 g/mol. The highest BCUT2D eigenvalue weighted by atomic mass is 32.2. The molecule has 0 saturated carbocycles. The lowest BCUT2D eigenvalue weighted by Gasteiger charge is -2.07. The molecule has 1 aliphatic rings. The maximum absolute atomic E-state index is 6.25. The summed E-state index contributed by atoms with van der Waals surface area (Å²) in [6.45, 7) is 3.14. The highest BCUT2D eigenvalue weighted by molar-refractivity contribution is 7.99. The fourth-order valence-electron chi connectivity index (χ4n) is 2.74. The number of anilines is 1. The summed E-state index contributed by atoms with van der Waals surface area (Å²) < 4.78 is 4.10. The van der Waals surface area contributed by atoms with Crippen LogP contribution < -0.4 is 5.73 Å². The quantitative estimate of drug-likeness (QED) is 0.939. The van der Waals surface area contributed by atoms with Crippen LogP contribution in [0.4, 0.5) is 5.69 Å². The van der Waals surface area contributed by atoms with E-state index >= 15 is 0 Å². The van der Waals surface area contributed by atoms with Crippen LogP contribution in [0.3, 0.4) is 0 Å². The van der Waals surface area contributed by atoms with E-state index in [1.807, 2.05) is 11.7 Å². The van der Waals surface area contributed by atoms with Crippen molar-refractivity contribution in [2.24, 2.45) is 7.05 Å². The van der Waals surface area contributed by atoms with Gasteiger partial charge in [-0.15, -0.1) is 10.2 Å². The number of rotatable bonds is 4. The minimum absolute atomic E-state index is 0.787. The minimum atomic E-state index is 0.787. The van der Waals surface area contributed by atoms with Crippen molar-refractivity contribution in [3.8, 4) is 0 Å². The molecule has 2 aromatic heterocycles. The molecule has 0 radical (unpaired) electrons. The number of nitrogen functional groups attached to an aromatic ring is 1. The van der Waals surface area contributed by atoms with Crippen molar-refractivity contribution in [2.45, 2.75) is 62.2 Å². The summed E-state index contributed by atoms with van der Waals surface area (Å²) in [7, 11) is 1.94. The normalized spacial score (nSPS) is 15.0. The largest absolute Gasteiger partial charge is 0.395 e. The average molecular weight is 306 g/mol. The van der Waals surface area contributed by atoms with Crippen LogP contribution in [0, 0.1) is 0 Å². The van der Waals surface area contributed by atoms with Crippen LogP contribution in [0.25, 0.3) is 0 Å². The van der Waals surface area contributed by atoms with E-state index in [0.717, 1.165) is 53.2 Å². The summed E-state index contributed by atoms with van der Waals surface area (Å²) in [5.74, 6) is 1.10. The van der Waals surface area contributed by atoms with Gasteiger partial charge in [-0.1, -0.05) is 19.8 Å². The molecule has 0 unspecified atom stereocenters. The summed E-state index contributed by atoms with van der Waals surface area (Å²) in [5.41, 5.74) is 8.02. The number of hydrogen-bond acceptors (Lipinski definition) is 5. The SMILES string of the molecule is CCCc1nn(C)c(Sc2nnc3n2CCCCC3)c1N. The first kappa shape index (κ1) is 14.4. The molecule has 3 heterocycles. The average Bonchev–Trinajstić information content (AvgIpc) is 2.85. The topological polar surface area (TPSA) is 74.5 Å². The van der Waals surface area contributed by atoms with Gasteiger partial charge in [0.15, 0.2) is 5.16 Å². The van der Waals surface area contributed by atoms with Crippen LogP contribution in [0.15, 0.2) is 10.2 Å². The van der Waals surface area contributed by atoms with Gasteiger partial charge in [0.05, 0.1) is 11.4 Å². The van der Waals surface area contributed by atoms with E-state index in [1.54, 1.807) is 11.8 Å². The second-order valence-electron chi connectivity index (χ2n) is 5.50. The van der Waals surface area contributed by atoms with Gasteiger partial charge in [0.2, 0.25) is 0 Å². The third-order valence-corrected chi connectivity index (χ3v) is 5.02. The van der Waals surface area contributed by atoms with Crippen molar-refractivity contribution in [3.63, 3.8) is 0 Å². The smallest absolute Gasteiger partial charge is 0.197 e. The first-order chi connectivity index (χ1) is 10.2. The lowest BCUT2D eigenvalue weighted by Crippen LogP contribution is -2.03. The molecule has 0 spiro atoms. The molecule has 7 heteroatoms. The van der Waals surface area contributed by atoms with Gasteiger partial charge in [0, 0.05) is 20.0 Å². The standard InChI is InChI=1S/C14H22N6S/c1-3-7-10-12(15)13(19(2)18-10)21-14-17-16-11-8-5-4-6-9-20(11)14/h3-9,15H2,1-2H3. The van der Waals surface area contributed by atoms with E-state index in [9.17, 15) is 0 Å². The Labute approximate surface area is 129 Å². The third kappa shape index (κ3) is 2.79. The Morgan fingerprint density at radius 3 is 2.90 bits per heavy atom. The Morgan fingerprint density at radius 1 is 1.24 bits per heavy atom. The molecule has 114 valence electrons. The van der Waals surface area contributed by atoms with E-state index in [0.29, 0.717) is 0 Å². The summed E-state index contributed by atoms with van der Waals surface area (Å²) in [6.07, 6.45) is 6.65. The molecule has 0 aromatic carbocycles. The lowest BCUT2D eigenvalue weighted by atomic mass is 10.2. The number of hydrogen-bond donors (Lipinski definition) is 1.